The van der Waals surface area contributed by atoms with E-state index in [4.69, 9.17) is 9.47 Å². The van der Waals surface area contributed by atoms with Crippen molar-refractivity contribution in [2.24, 2.45) is 5.92 Å². The molecule has 2 rings (SSSR count). The monoisotopic (exact) mass is 406 g/mol. The number of esters is 2. The third kappa shape index (κ3) is 6.27. The summed E-state index contributed by atoms with van der Waals surface area (Å²) in [5.74, 6) is -2.07. The molecule has 1 N–H and O–H groups in total. The minimum absolute atomic E-state index is 0.120. The number of ether oxygens (including phenoxy) is 2. The standard InChI is InChI=1S/C20H26N2O7/c1-28-18(24)12-16(14-7-9-15(10-8-14)22(26)27)19(20(25)29-2)21-17(23)11-13-5-3-4-6-13/h7-10,13,16,19H,3-6,11-12H2,1-2H3,(H,21,23)/t16-,19-/m1/s1. The number of carbonyl (C=O) groups is 3. The van der Waals surface area contributed by atoms with Crippen LogP contribution in [0.25, 0.3) is 0 Å². The first kappa shape index (κ1) is 22.3. The van der Waals surface area contributed by atoms with Crippen molar-refractivity contribution in [1.29, 1.82) is 0 Å². The molecule has 0 heterocycles. The van der Waals surface area contributed by atoms with Crippen LogP contribution in [0, 0.1) is 16.0 Å². The molecule has 1 fully saturated rings. The summed E-state index contributed by atoms with van der Waals surface area (Å²) in [5.41, 5.74) is 0.364. The maximum Gasteiger partial charge on any atom is 0.329 e. The molecule has 0 unspecified atom stereocenters. The van der Waals surface area contributed by atoms with E-state index >= 15 is 0 Å². The van der Waals surface area contributed by atoms with Crippen molar-refractivity contribution in [1.82, 2.24) is 5.32 Å². The summed E-state index contributed by atoms with van der Waals surface area (Å²) in [5, 5.41) is 13.6. The van der Waals surface area contributed by atoms with Crippen LogP contribution in [0.1, 0.15) is 50.0 Å². The number of hydrogen-bond donors (Lipinski definition) is 1. The second kappa shape index (κ2) is 10.5. The van der Waals surface area contributed by atoms with Crippen molar-refractivity contribution in [3.05, 3.63) is 39.9 Å². The Bertz CT molecular complexity index is 742. The Hall–Kier alpha value is -2.97. The minimum atomic E-state index is -1.12. The van der Waals surface area contributed by atoms with Crippen molar-refractivity contribution in [3.8, 4) is 0 Å². The summed E-state index contributed by atoms with van der Waals surface area (Å²) in [6.07, 6.45) is 4.24. The molecule has 0 bridgehead atoms. The lowest BCUT2D eigenvalue weighted by atomic mass is 9.87. The number of non-ortho nitro benzene ring substituents is 1. The second-order valence-electron chi connectivity index (χ2n) is 7.16. The van der Waals surface area contributed by atoms with Crippen LogP contribution < -0.4 is 5.32 Å². The van der Waals surface area contributed by atoms with Gasteiger partial charge in [-0.15, -0.1) is 0 Å². The van der Waals surface area contributed by atoms with Crippen molar-refractivity contribution in [3.63, 3.8) is 0 Å². The fourth-order valence-corrected chi connectivity index (χ4v) is 3.69. The molecule has 1 amide bonds. The van der Waals surface area contributed by atoms with Crippen molar-refractivity contribution in [2.45, 2.75) is 50.5 Å². The van der Waals surface area contributed by atoms with E-state index in [2.05, 4.69) is 5.32 Å². The molecular weight excluding hydrogens is 380 g/mol. The number of benzene rings is 1. The van der Waals surface area contributed by atoms with Crippen LogP contribution in [0.15, 0.2) is 24.3 Å². The van der Waals surface area contributed by atoms with Crippen LogP contribution in [0.5, 0.6) is 0 Å². The van der Waals surface area contributed by atoms with Crippen molar-refractivity contribution >= 4 is 23.5 Å². The van der Waals surface area contributed by atoms with Crippen molar-refractivity contribution in [2.75, 3.05) is 14.2 Å². The molecule has 0 aromatic heterocycles. The zero-order chi connectivity index (χ0) is 21.4. The van der Waals surface area contributed by atoms with E-state index in [9.17, 15) is 24.5 Å². The van der Waals surface area contributed by atoms with Gasteiger partial charge in [0.1, 0.15) is 6.04 Å². The third-order valence-corrected chi connectivity index (χ3v) is 5.27. The highest BCUT2D eigenvalue weighted by molar-refractivity contribution is 5.86. The zero-order valence-corrected chi connectivity index (χ0v) is 16.6. The Kier molecular flexibility index (Phi) is 8.11. The van der Waals surface area contributed by atoms with Gasteiger partial charge in [-0.2, -0.15) is 0 Å². The van der Waals surface area contributed by atoms with Gasteiger partial charge in [-0.1, -0.05) is 25.0 Å². The highest BCUT2D eigenvalue weighted by atomic mass is 16.6. The molecule has 1 saturated carbocycles. The molecule has 0 saturated heterocycles. The van der Waals surface area contributed by atoms with Gasteiger partial charge in [0.15, 0.2) is 0 Å². The van der Waals surface area contributed by atoms with Crippen molar-refractivity contribution < 1.29 is 28.8 Å². The van der Waals surface area contributed by atoms with E-state index in [0.29, 0.717) is 12.0 Å². The predicted octanol–water partition coefficient (Wildman–Crippen LogP) is 2.48. The van der Waals surface area contributed by atoms with Crippen LogP contribution >= 0.6 is 0 Å². The fraction of sp³-hybridized carbons (Fsp3) is 0.550. The number of nitro groups is 1. The number of nitrogens with one attached hydrogen (secondary N) is 1. The topological polar surface area (TPSA) is 125 Å². The van der Waals surface area contributed by atoms with E-state index in [1.54, 1.807) is 0 Å². The molecule has 0 aliphatic heterocycles. The summed E-state index contributed by atoms with van der Waals surface area (Å²) < 4.78 is 9.58. The average molecular weight is 406 g/mol. The van der Waals surface area contributed by atoms with E-state index in [1.165, 1.54) is 38.5 Å². The second-order valence-corrected chi connectivity index (χ2v) is 7.16. The average Bonchev–Trinajstić information content (AvgIpc) is 3.22. The Morgan fingerprint density at radius 2 is 1.76 bits per heavy atom. The molecule has 1 aliphatic carbocycles. The van der Waals surface area contributed by atoms with Gasteiger partial charge in [-0.05, 0) is 24.3 Å². The van der Waals surface area contributed by atoms with Gasteiger partial charge in [-0.25, -0.2) is 4.79 Å². The lowest BCUT2D eigenvalue weighted by molar-refractivity contribution is -0.384. The number of nitrogens with zero attached hydrogens (tertiary/aromatic N) is 1. The molecule has 0 radical (unpaired) electrons. The summed E-state index contributed by atoms with van der Waals surface area (Å²) >= 11 is 0. The van der Waals surface area contributed by atoms with Gasteiger partial charge in [-0.3, -0.25) is 19.7 Å². The number of hydrogen-bond acceptors (Lipinski definition) is 7. The molecule has 1 aromatic carbocycles. The smallest absolute Gasteiger partial charge is 0.329 e. The highest BCUT2D eigenvalue weighted by Crippen LogP contribution is 2.29. The lowest BCUT2D eigenvalue weighted by Crippen LogP contribution is -2.46. The molecule has 1 aromatic rings. The lowest BCUT2D eigenvalue weighted by Gasteiger charge is -2.26. The Labute approximate surface area is 168 Å². The summed E-state index contributed by atoms with van der Waals surface area (Å²) in [6, 6.07) is 4.38. The molecule has 1 aliphatic rings. The quantitative estimate of drug-likeness (QED) is 0.379. The van der Waals surface area contributed by atoms with Gasteiger partial charge in [0.25, 0.3) is 5.69 Å². The number of amides is 1. The number of nitro benzene ring substituents is 1. The Morgan fingerprint density at radius 1 is 1.14 bits per heavy atom. The fourth-order valence-electron chi connectivity index (χ4n) is 3.69. The predicted molar refractivity (Wildman–Crippen MR) is 103 cm³/mol. The third-order valence-electron chi connectivity index (χ3n) is 5.27. The molecule has 0 spiro atoms. The van der Waals surface area contributed by atoms with Gasteiger partial charge in [0.2, 0.25) is 5.91 Å². The summed E-state index contributed by atoms with van der Waals surface area (Å²) in [7, 11) is 2.42. The van der Waals surface area contributed by atoms with Crippen LogP contribution in [-0.2, 0) is 23.9 Å². The van der Waals surface area contributed by atoms with E-state index in [0.717, 1.165) is 25.7 Å². The van der Waals surface area contributed by atoms with E-state index in [-0.39, 0.29) is 23.9 Å². The van der Waals surface area contributed by atoms with Gasteiger partial charge >= 0.3 is 11.9 Å². The summed E-state index contributed by atoms with van der Waals surface area (Å²) in [6.45, 7) is 0. The first-order chi connectivity index (χ1) is 13.8. The Balaban J connectivity index is 2.27. The molecule has 29 heavy (non-hydrogen) atoms. The van der Waals surface area contributed by atoms with E-state index < -0.39 is 28.8 Å². The van der Waals surface area contributed by atoms with Gasteiger partial charge in [0.05, 0.1) is 25.6 Å². The maximum absolute atomic E-state index is 12.5. The minimum Gasteiger partial charge on any atom is -0.469 e. The van der Waals surface area contributed by atoms with Crippen LogP contribution in [-0.4, -0.2) is 43.0 Å². The Morgan fingerprint density at radius 3 is 2.28 bits per heavy atom. The SMILES string of the molecule is COC(=O)C[C@H](c1ccc([N+](=O)[O-])cc1)[C@@H](NC(=O)CC1CCCC1)C(=O)OC. The number of rotatable bonds is 9. The highest BCUT2D eigenvalue weighted by Gasteiger charge is 2.34. The molecule has 9 nitrogen and oxygen atoms in total. The van der Waals surface area contributed by atoms with Crippen LogP contribution in [0.2, 0.25) is 0 Å². The zero-order valence-electron chi connectivity index (χ0n) is 16.6. The molecular formula is C20H26N2O7. The largest absolute Gasteiger partial charge is 0.469 e. The summed E-state index contributed by atoms with van der Waals surface area (Å²) in [4.78, 5) is 47.3. The number of carbonyl (C=O) groups excluding carboxylic acids is 3. The molecule has 158 valence electrons. The number of methoxy groups -OCH3 is 2. The van der Waals surface area contributed by atoms with Gasteiger partial charge in [0, 0.05) is 24.5 Å². The first-order valence-corrected chi connectivity index (χ1v) is 9.54. The van der Waals surface area contributed by atoms with Crippen LogP contribution in [0.4, 0.5) is 5.69 Å². The van der Waals surface area contributed by atoms with Gasteiger partial charge < -0.3 is 14.8 Å². The van der Waals surface area contributed by atoms with E-state index in [1.807, 2.05) is 0 Å². The van der Waals surface area contributed by atoms with Crippen LogP contribution in [0.3, 0.4) is 0 Å². The maximum atomic E-state index is 12.5. The molecule has 9 heteroatoms. The first-order valence-electron chi connectivity index (χ1n) is 9.54. The molecule has 2 atom stereocenters. The normalized spacial score (nSPS) is 15.9.